The fourth-order valence-electron chi connectivity index (χ4n) is 1.66. The van der Waals surface area contributed by atoms with Crippen LogP contribution >= 0.6 is 0 Å². The van der Waals surface area contributed by atoms with Gasteiger partial charge in [0.1, 0.15) is 0 Å². The van der Waals surface area contributed by atoms with Crippen LogP contribution in [0.2, 0.25) is 0 Å². The Balaban J connectivity index is 2.57. The quantitative estimate of drug-likeness (QED) is 0.667. The van der Waals surface area contributed by atoms with Gasteiger partial charge in [0.2, 0.25) is 0 Å². The standard InChI is InChI=1S/C11H20O2/c1-3-9-7-5-6-8-10(12)11(4-2)13-9/h5-6,9-12H,3-4,7-8H2,1-2H3/b6-5-/t9-,10-,11+/m1/s1. The molecule has 13 heavy (non-hydrogen) atoms. The first-order valence-electron chi connectivity index (χ1n) is 5.26. The number of hydrogen-bond acceptors (Lipinski definition) is 2. The Kier molecular flexibility index (Phi) is 4.46. The minimum atomic E-state index is -0.324. The third-order valence-corrected chi connectivity index (χ3v) is 2.60. The van der Waals surface area contributed by atoms with Crippen molar-refractivity contribution in [1.29, 1.82) is 0 Å². The third kappa shape index (κ3) is 3.12. The predicted octanol–water partition coefficient (Wildman–Crippen LogP) is 2.27. The summed E-state index contributed by atoms with van der Waals surface area (Å²) in [6.45, 7) is 4.19. The molecule has 0 aromatic rings. The van der Waals surface area contributed by atoms with Gasteiger partial charge in [-0.15, -0.1) is 0 Å². The van der Waals surface area contributed by atoms with Crippen molar-refractivity contribution in [3.63, 3.8) is 0 Å². The predicted molar refractivity (Wildman–Crippen MR) is 53.6 cm³/mol. The summed E-state index contributed by atoms with van der Waals surface area (Å²) in [5.41, 5.74) is 0. The highest BCUT2D eigenvalue weighted by atomic mass is 16.5. The van der Waals surface area contributed by atoms with Crippen molar-refractivity contribution in [3.05, 3.63) is 12.2 Å². The van der Waals surface area contributed by atoms with Crippen molar-refractivity contribution in [1.82, 2.24) is 0 Å². The molecule has 0 amide bonds. The Hall–Kier alpha value is -0.340. The van der Waals surface area contributed by atoms with Gasteiger partial charge >= 0.3 is 0 Å². The van der Waals surface area contributed by atoms with Gasteiger partial charge in [0.05, 0.1) is 18.3 Å². The second kappa shape index (κ2) is 5.40. The van der Waals surface area contributed by atoms with E-state index >= 15 is 0 Å². The third-order valence-electron chi connectivity index (χ3n) is 2.60. The lowest BCUT2D eigenvalue weighted by atomic mass is 10.0. The molecule has 1 rings (SSSR count). The number of ether oxygens (including phenoxy) is 1. The zero-order chi connectivity index (χ0) is 9.68. The van der Waals surface area contributed by atoms with Gasteiger partial charge in [-0.05, 0) is 25.7 Å². The lowest BCUT2D eigenvalue weighted by Gasteiger charge is -2.27. The SMILES string of the molecule is CC[C@@H]1C/C=C\C[C@@H](O)[C@H](CC)O1. The molecule has 0 saturated heterocycles. The first-order valence-corrected chi connectivity index (χ1v) is 5.26. The van der Waals surface area contributed by atoms with Crippen LogP contribution in [0.15, 0.2) is 12.2 Å². The monoisotopic (exact) mass is 184 g/mol. The average molecular weight is 184 g/mol. The van der Waals surface area contributed by atoms with Gasteiger partial charge in [-0.1, -0.05) is 26.0 Å². The van der Waals surface area contributed by atoms with Crippen molar-refractivity contribution in [2.75, 3.05) is 0 Å². The van der Waals surface area contributed by atoms with E-state index in [1.165, 1.54) is 0 Å². The lowest BCUT2D eigenvalue weighted by Crippen LogP contribution is -2.33. The smallest absolute Gasteiger partial charge is 0.0838 e. The summed E-state index contributed by atoms with van der Waals surface area (Å²) in [5.74, 6) is 0. The lowest BCUT2D eigenvalue weighted by molar-refractivity contribution is -0.0790. The van der Waals surface area contributed by atoms with Gasteiger partial charge in [0, 0.05) is 0 Å². The fourth-order valence-corrected chi connectivity index (χ4v) is 1.66. The van der Waals surface area contributed by atoms with Crippen LogP contribution in [0.4, 0.5) is 0 Å². The van der Waals surface area contributed by atoms with Crippen LogP contribution in [-0.4, -0.2) is 23.4 Å². The number of rotatable bonds is 2. The van der Waals surface area contributed by atoms with E-state index in [0.29, 0.717) is 0 Å². The Bertz CT molecular complexity index is 165. The molecule has 0 fully saturated rings. The molecule has 0 aromatic carbocycles. The van der Waals surface area contributed by atoms with Crippen molar-refractivity contribution < 1.29 is 9.84 Å². The van der Waals surface area contributed by atoms with Crippen molar-refractivity contribution in [2.45, 2.75) is 57.8 Å². The van der Waals surface area contributed by atoms with Crippen LogP contribution in [0.1, 0.15) is 39.5 Å². The van der Waals surface area contributed by atoms with Crippen molar-refractivity contribution >= 4 is 0 Å². The van der Waals surface area contributed by atoms with E-state index in [2.05, 4.69) is 26.0 Å². The summed E-state index contributed by atoms with van der Waals surface area (Å²) in [6, 6.07) is 0. The van der Waals surface area contributed by atoms with Crippen LogP contribution in [0, 0.1) is 0 Å². The molecule has 3 atom stereocenters. The van der Waals surface area contributed by atoms with Crippen molar-refractivity contribution in [2.24, 2.45) is 0 Å². The first kappa shape index (κ1) is 10.7. The fraction of sp³-hybridized carbons (Fsp3) is 0.818. The first-order chi connectivity index (χ1) is 6.27. The summed E-state index contributed by atoms with van der Waals surface area (Å²) in [6.07, 6.45) is 7.80. The van der Waals surface area contributed by atoms with E-state index in [1.54, 1.807) is 0 Å². The maximum Gasteiger partial charge on any atom is 0.0838 e. The Morgan fingerprint density at radius 1 is 1.23 bits per heavy atom. The Morgan fingerprint density at radius 2 is 1.92 bits per heavy atom. The molecule has 0 saturated carbocycles. The molecule has 0 aliphatic carbocycles. The zero-order valence-corrected chi connectivity index (χ0v) is 8.57. The molecule has 1 heterocycles. The van der Waals surface area contributed by atoms with Crippen LogP contribution < -0.4 is 0 Å². The van der Waals surface area contributed by atoms with E-state index in [-0.39, 0.29) is 18.3 Å². The normalized spacial score (nSPS) is 37.9. The molecule has 76 valence electrons. The molecule has 1 aliphatic heterocycles. The second-order valence-electron chi connectivity index (χ2n) is 3.62. The van der Waals surface area contributed by atoms with E-state index < -0.39 is 0 Å². The number of aliphatic hydroxyl groups excluding tert-OH is 1. The van der Waals surface area contributed by atoms with Crippen LogP contribution in [0.5, 0.6) is 0 Å². The summed E-state index contributed by atoms with van der Waals surface area (Å²) >= 11 is 0. The summed E-state index contributed by atoms with van der Waals surface area (Å²) in [5, 5.41) is 9.71. The van der Waals surface area contributed by atoms with Gasteiger partial charge in [-0.3, -0.25) is 0 Å². The molecule has 1 N–H and O–H groups in total. The molecule has 2 heteroatoms. The van der Waals surface area contributed by atoms with Crippen molar-refractivity contribution in [3.8, 4) is 0 Å². The van der Waals surface area contributed by atoms with Crippen LogP contribution in [-0.2, 0) is 4.74 Å². The summed E-state index contributed by atoms with van der Waals surface area (Å²) in [7, 11) is 0. The minimum absolute atomic E-state index is 0.0231. The average Bonchev–Trinajstić information content (AvgIpc) is 2.13. The van der Waals surface area contributed by atoms with E-state index in [4.69, 9.17) is 4.74 Å². The van der Waals surface area contributed by atoms with Gasteiger partial charge in [0.25, 0.3) is 0 Å². The number of aliphatic hydroxyl groups is 1. The van der Waals surface area contributed by atoms with E-state index in [9.17, 15) is 5.11 Å². The minimum Gasteiger partial charge on any atom is -0.390 e. The highest BCUT2D eigenvalue weighted by Crippen LogP contribution is 2.18. The molecule has 1 aliphatic rings. The van der Waals surface area contributed by atoms with Gasteiger partial charge in [-0.25, -0.2) is 0 Å². The van der Waals surface area contributed by atoms with Gasteiger partial charge in [0.15, 0.2) is 0 Å². The highest BCUT2D eigenvalue weighted by Gasteiger charge is 2.21. The molecule has 2 nitrogen and oxygen atoms in total. The van der Waals surface area contributed by atoms with Gasteiger partial charge in [-0.2, -0.15) is 0 Å². The van der Waals surface area contributed by atoms with E-state index in [0.717, 1.165) is 25.7 Å². The topological polar surface area (TPSA) is 29.5 Å². The maximum atomic E-state index is 9.71. The molecule has 0 bridgehead atoms. The molecule has 0 spiro atoms. The summed E-state index contributed by atoms with van der Waals surface area (Å²) in [4.78, 5) is 0. The van der Waals surface area contributed by atoms with E-state index in [1.807, 2.05) is 0 Å². The molecule has 0 unspecified atom stereocenters. The van der Waals surface area contributed by atoms with Gasteiger partial charge < -0.3 is 9.84 Å². The zero-order valence-electron chi connectivity index (χ0n) is 8.57. The molecular formula is C11H20O2. The number of hydrogen-bond donors (Lipinski definition) is 1. The Labute approximate surface area is 80.6 Å². The van der Waals surface area contributed by atoms with Crippen LogP contribution in [0.3, 0.4) is 0 Å². The Morgan fingerprint density at radius 3 is 2.54 bits per heavy atom. The van der Waals surface area contributed by atoms with Crippen LogP contribution in [0.25, 0.3) is 0 Å². The molecule has 0 aromatic heterocycles. The molecular weight excluding hydrogens is 164 g/mol. The maximum absolute atomic E-state index is 9.71. The second-order valence-corrected chi connectivity index (χ2v) is 3.62. The molecule has 0 radical (unpaired) electrons. The largest absolute Gasteiger partial charge is 0.390 e. The highest BCUT2D eigenvalue weighted by molar-refractivity contribution is 4.90. The summed E-state index contributed by atoms with van der Waals surface area (Å²) < 4.78 is 5.80.